The van der Waals surface area contributed by atoms with E-state index >= 15 is 0 Å². The summed E-state index contributed by atoms with van der Waals surface area (Å²) in [6.07, 6.45) is 1.19. The fourth-order valence-corrected chi connectivity index (χ4v) is 2.37. The molecule has 2 N–H and O–H groups in total. The van der Waals surface area contributed by atoms with Crippen molar-refractivity contribution in [1.29, 1.82) is 0 Å². The number of likely N-dealkylation sites (N-methyl/N-ethyl adjacent to an activating group) is 1. The van der Waals surface area contributed by atoms with Gasteiger partial charge in [0, 0.05) is 19.8 Å². The maximum atomic E-state index is 12.8. The molecule has 0 aromatic heterocycles. The highest BCUT2D eigenvalue weighted by atomic mass is 32.2. The summed E-state index contributed by atoms with van der Waals surface area (Å²) in [6, 6.07) is 4.95. The van der Waals surface area contributed by atoms with Gasteiger partial charge in [0.15, 0.2) is 0 Å². The number of rotatable bonds is 6. The molecule has 0 bridgehead atoms. The van der Waals surface area contributed by atoms with Crippen LogP contribution in [0.25, 0.3) is 0 Å². The van der Waals surface area contributed by atoms with Crippen molar-refractivity contribution in [1.82, 2.24) is 4.90 Å². The van der Waals surface area contributed by atoms with Gasteiger partial charge < -0.3 is 10.6 Å². The number of benzene rings is 1. The molecule has 1 amide bonds. The molecule has 112 valence electrons. The smallest absolute Gasteiger partial charge is 0.239 e. The Balaban J connectivity index is 2.55. The molecule has 20 heavy (non-hydrogen) atoms. The van der Waals surface area contributed by atoms with E-state index in [1.807, 2.05) is 0 Å². The van der Waals surface area contributed by atoms with Crippen LogP contribution in [-0.4, -0.2) is 44.3 Å². The number of nitrogens with two attached hydrogens (primary N) is 1. The van der Waals surface area contributed by atoms with Crippen LogP contribution in [0.5, 0.6) is 0 Å². The van der Waals surface area contributed by atoms with Crippen LogP contribution in [0.4, 0.5) is 4.39 Å². The molecule has 0 aliphatic rings. The molecule has 1 atom stereocenters. The second kappa shape index (κ2) is 6.81. The first-order chi connectivity index (χ1) is 9.19. The summed E-state index contributed by atoms with van der Waals surface area (Å²) in [4.78, 5) is 13.4. The molecular formula is C13H19FN2O3S. The SMILES string of the molecule is CN(Cc1ccc(F)cc1)C(=O)C(N)CCS(C)(=O)=O. The van der Waals surface area contributed by atoms with Crippen LogP contribution in [-0.2, 0) is 21.2 Å². The van der Waals surface area contributed by atoms with Gasteiger partial charge in [0.05, 0.1) is 11.8 Å². The number of hydrogen-bond donors (Lipinski definition) is 1. The van der Waals surface area contributed by atoms with E-state index in [0.29, 0.717) is 6.54 Å². The summed E-state index contributed by atoms with van der Waals surface area (Å²) < 4.78 is 34.8. The number of sulfone groups is 1. The van der Waals surface area contributed by atoms with Crippen LogP contribution in [0.15, 0.2) is 24.3 Å². The molecular weight excluding hydrogens is 283 g/mol. The third kappa shape index (κ3) is 5.66. The van der Waals surface area contributed by atoms with Crippen molar-refractivity contribution >= 4 is 15.7 Å². The first-order valence-corrected chi connectivity index (χ1v) is 8.18. The van der Waals surface area contributed by atoms with Crippen molar-refractivity contribution in [3.63, 3.8) is 0 Å². The number of nitrogens with zero attached hydrogens (tertiary/aromatic N) is 1. The molecule has 1 aromatic carbocycles. The lowest BCUT2D eigenvalue weighted by atomic mass is 10.1. The predicted octanol–water partition coefficient (Wildman–Crippen LogP) is 0.546. The Morgan fingerprint density at radius 3 is 2.40 bits per heavy atom. The number of halogens is 1. The highest BCUT2D eigenvalue weighted by molar-refractivity contribution is 7.90. The van der Waals surface area contributed by atoms with E-state index in [0.717, 1.165) is 11.8 Å². The summed E-state index contributed by atoms with van der Waals surface area (Å²) in [5, 5.41) is 0. The summed E-state index contributed by atoms with van der Waals surface area (Å²) in [5.74, 6) is -0.796. The van der Waals surface area contributed by atoms with Crippen LogP contribution >= 0.6 is 0 Å². The summed E-state index contributed by atoms with van der Waals surface area (Å²) in [7, 11) is -1.56. The second-order valence-electron chi connectivity index (χ2n) is 4.85. The number of carbonyl (C=O) groups excluding carboxylic acids is 1. The van der Waals surface area contributed by atoms with Crippen LogP contribution in [0.1, 0.15) is 12.0 Å². The van der Waals surface area contributed by atoms with E-state index < -0.39 is 15.9 Å². The molecule has 0 saturated carbocycles. The highest BCUT2D eigenvalue weighted by Gasteiger charge is 2.19. The average molecular weight is 302 g/mol. The molecule has 0 aliphatic heterocycles. The summed E-state index contributed by atoms with van der Waals surface area (Å²) in [5.41, 5.74) is 6.46. The minimum atomic E-state index is -3.13. The van der Waals surface area contributed by atoms with Crippen molar-refractivity contribution < 1.29 is 17.6 Å². The number of carbonyl (C=O) groups is 1. The Kier molecular flexibility index (Phi) is 5.64. The Bertz CT molecular complexity index is 557. The largest absolute Gasteiger partial charge is 0.340 e. The lowest BCUT2D eigenvalue weighted by Crippen LogP contribution is -2.42. The monoisotopic (exact) mass is 302 g/mol. The zero-order valence-electron chi connectivity index (χ0n) is 11.5. The van der Waals surface area contributed by atoms with Gasteiger partial charge in [-0.3, -0.25) is 4.79 Å². The Hall–Kier alpha value is -1.47. The first kappa shape index (κ1) is 16.6. The van der Waals surface area contributed by atoms with Gasteiger partial charge in [-0.2, -0.15) is 0 Å². The van der Waals surface area contributed by atoms with Crippen LogP contribution in [0, 0.1) is 5.82 Å². The van der Waals surface area contributed by atoms with E-state index in [9.17, 15) is 17.6 Å². The van der Waals surface area contributed by atoms with Crippen molar-refractivity contribution in [2.75, 3.05) is 19.1 Å². The lowest BCUT2D eigenvalue weighted by Gasteiger charge is -2.21. The Morgan fingerprint density at radius 2 is 1.90 bits per heavy atom. The molecule has 0 fully saturated rings. The molecule has 0 aliphatic carbocycles. The molecule has 0 spiro atoms. The fraction of sp³-hybridized carbons (Fsp3) is 0.462. The quantitative estimate of drug-likeness (QED) is 0.832. The third-order valence-corrected chi connectivity index (χ3v) is 3.80. The van der Waals surface area contributed by atoms with E-state index in [2.05, 4.69) is 0 Å². The first-order valence-electron chi connectivity index (χ1n) is 6.12. The van der Waals surface area contributed by atoms with Crippen LogP contribution in [0.2, 0.25) is 0 Å². The van der Waals surface area contributed by atoms with E-state index in [-0.39, 0.29) is 23.9 Å². The lowest BCUT2D eigenvalue weighted by molar-refractivity contribution is -0.131. The topological polar surface area (TPSA) is 80.5 Å². The minimum absolute atomic E-state index is 0.0887. The van der Waals surface area contributed by atoms with E-state index in [4.69, 9.17) is 5.73 Å². The molecule has 1 aromatic rings. The zero-order chi connectivity index (χ0) is 15.3. The average Bonchev–Trinajstić information content (AvgIpc) is 2.36. The van der Waals surface area contributed by atoms with Gasteiger partial charge in [-0.25, -0.2) is 12.8 Å². The molecule has 0 radical (unpaired) electrons. The Morgan fingerprint density at radius 1 is 1.35 bits per heavy atom. The zero-order valence-corrected chi connectivity index (χ0v) is 12.4. The van der Waals surface area contributed by atoms with Crippen molar-refractivity contribution in [3.05, 3.63) is 35.6 Å². The van der Waals surface area contributed by atoms with Crippen molar-refractivity contribution in [2.45, 2.75) is 19.0 Å². The summed E-state index contributed by atoms with van der Waals surface area (Å²) in [6.45, 7) is 0.297. The highest BCUT2D eigenvalue weighted by Crippen LogP contribution is 2.07. The minimum Gasteiger partial charge on any atom is -0.340 e. The summed E-state index contributed by atoms with van der Waals surface area (Å²) >= 11 is 0. The molecule has 1 rings (SSSR count). The fourth-order valence-electron chi connectivity index (χ4n) is 1.69. The molecule has 7 heteroatoms. The number of amides is 1. The number of hydrogen-bond acceptors (Lipinski definition) is 4. The van der Waals surface area contributed by atoms with E-state index in [1.165, 1.54) is 17.0 Å². The van der Waals surface area contributed by atoms with Crippen molar-refractivity contribution in [3.8, 4) is 0 Å². The maximum absolute atomic E-state index is 12.8. The standard InChI is InChI=1S/C13H19FN2O3S/c1-16(9-10-3-5-11(14)6-4-10)13(17)12(15)7-8-20(2,18)19/h3-6,12H,7-9,15H2,1-2H3. The normalized spacial score (nSPS) is 13.0. The van der Waals surface area contributed by atoms with E-state index in [1.54, 1.807) is 19.2 Å². The molecule has 0 heterocycles. The molecule has 5 nitrogen and oxygen atoms in total. The maximum Gasteiger partial charge on any atom is 0.239 e. The Labute approximate surface area is 118 Å². The van der Waals surface area contributed by atoms with Crippen LogP contribution < -0.4 is 5.73 Å². The van der Waals surface area contributed by atoms with Gasteiger partial charge in [-0.15, -0.1) is 0 Å². The predicted molar refractivity (Wildman–Crippen MR) is 75.2 cm³/mol. The van der Waals surface area contributed by atoms with Gasteiger partial charge in [-0.1, -0.05) is 12.1 Å². The second-order valence-corrected chi connectivity index (χ2v) is 7.11. The molecule has 1 unspecified atom stereocenters. The van der Waals surface area contributed by atoms with Gasteiger partial charge >= 0.3 is 0 Å². The van der Waals surface area contributed by atoms with Gasteiger partial charge in [-0.05, 0) is 24.1 Å². The van der Waals surface area contributed by atoms with Crippen LogP contribution in [0.3, 0.4) is 0 Å². The third-order valence-electron chi connectivity index (χ3n) is 2.83. The van der Waals surface area contributed by atoms with Gasteiger partial charge in [0.2, 0.25) is 5.91 Å². The van der Waals surface area contributed by atoms with Gasteiger partial charge in [0.1, 0.15) is 15.7 Å². The van der Waals surface area contributed by atoms with Crippen molar-refractivity contribution in [2.24, 2.45) is 5.73 Å². The van der Waals surface area contributed by atoms with Gasteiger partial charge in [0.25, 0.3) is 0 Å². The molecule has 0 saturated heterocycles.